The molecule has 9 heteroatoms. The van der Waals surface area contributed by atoms with Gasteiger partial charge in [-0.05, 0) is 11.1 Å². The van der Waals surface area contributed by atoms with Crippen molar-refractivity contribution in [1.29, 1.82) is 0 Å². The minimum Gasteiger partial charge on any atom is -0.461 e. The molecule has 2 aromatic carbocycles. The Bertz CT molecular complexity index is 949. The van der Waals surface area contributed by atoms with Crippen molar-refractivity contribution in [3.8, 4) is 0 Å². The molecule has 172 valence electrons. The number of hydrogen-bond donors (Lipinski definition) is 1. The second kappa shape index (κ2) is 10.9. The van der Waals surface area contributed by atoms with E-state index in [1.807, 2.05) is 60.7 Å². The van der Waals surface area contributed by atoms with Gasteiger partial charge in [0.05, 0.1) is 19.6 Å². The van der Waals surface area contributed by atoms with Gasteiger partial charge in [0.15, 0.2) is 6.10 Å². The molecule has 1 amide bonds. The van der Waals surface area contributed by atoms with Crippen LogP contribution in [0.1, 0.15) is 31.4 Å². The summed E-state index contributed by atoms with van der Waals surface area (Å²) in [6.45, 7) is 3.83. The lowest BCUT2D eigenvalue weighted by atomic mass is 9.87. The fourth-order valence-electron chi connectivity index (χ4n) is 3.01. The number of nitrogens with one attached hydrogen (secondary N) is 1. The summed E-state index contributed by atoms with van der Waals surface area (Å²) >= 11 is 0. The highest BCUT2D eigenvalue weighted by Gasteiger charge is 2.49. The smallest absolute Gasteiger partial charge is 0.461 e. The normalized spacial score (nSPS) is 22.1. The van der Waals surface area contributed by atoms with Crippen LogP contribution >= 0.6 is 7.82 Å². The SMILES string of the molecule is CC1(C)COP(=O)(OCc2ccccc2)O[C@H]1C(=O)[15NH][13CH2][13CH2][13C](=O)OCc1ccccc1. The molecule has 1 saturated heterocycles. The zero-order chi connectivity index (χ0) is 23.0. The number of ether oxygens (including phenoxy) is 1. The fraction of sp³-hybridized carbons (Fsp3) is 0.391. The van der Waals surface area contributed by atoms with E-state index in [-0.39, 0.29) is 32.8 Å². The molecule has 1 heterocycles. The molecule has 2 atom stereocenters. The Kier molecular flexibility index (Phi) is 8.21. The lowest BCUT2D eigenvalue weighted by Crippen LogP contribution is -2.50. The summed E-state index contributed by atoms with van der Waals surface area (Å²) in [4.78, 5) is 24.7. The van der Waals surface area contributed by atoms with Crippen LogP contribution in [0.15, 0.2) is 60.7 Å². The van der Waals surface area contributed by atoms with Crippen LogP contribution in [0, 0.1) is 5.41 Å². The van der Waals surface area contributed by atoms with E-state index in [0.29, 0.717) is 0 Å². The van der Waals surface area contributed by atoms with E-state index in [0.717, 1.165) is 11.1 Å². The van der Waals surface area contributed by atoms with Crippen LogP contribution in [0.25, 0.3) is 0 Å². The molecule has 8 nitrogen and oxygen atoms in total. The van der Waals surface area contributed by atoms with Crippen LogP contribution in [0.2, 0.25) is 0 Å². The van der Waals surface area contributed by atoms with Gasteiger partial charge in [-0.1, -0.05) is 74.5 Å². The molecule has 3 rings (SSSR count). The summed E-state index contributed by atoms with van der Waals surface area (Å²) in [5.74, 6) is -0.920. The third-order valence-corrected chi connectivity index (χ3v) is 6.24. The summed E-state index contributed by atoms with van der Waals surface area (Å²) in [5, 5.41) is 2.65. The molecule has 1 fully saturated rings. The minimum absolute atomic E-state index is 0.00436. The van der Waals surface area contributed by atoms with Crippen LogP contribution in [0.5, 0.6) is 0 Å². The van der Waals surface area contributed by atoms with E-state index < -0.39 is 31.2 Å². The second-order valence-electron chi connectivity index (χ2n) is 8.14. The lowest BCUT2D eigenvalue weighted by Gasteiger charge is -2.39. The van der Waals surface area contributed by atoms with Crippen molar-refractivity contribution in [2.24, 2.45) is 5.41 Å². The highest BCUT2D eigenvalue weighted by Crippen LogP contribution is 2.57. The Morgan fingerprint density at radius 3 is 2.25 bits per heavy atom. The molecule has 1 N–H and O–H groups in total. The number of esters is 1. The zero-order valence-electron chi connectivity index (χ0n) is 18.2. The number of carbonyl (C=O) groups is 2. The van der Waals surface area contributed by atoms with Crippen molar-refractivity contribution in [2.45, 2.75) is 39.6 Å². The molecular weight excluding hydrogens is 437 g/mol. The molecule has 1 aliphatic heterocycles. The molecule has 0 aromatic heterocycles. The van der Waals surface area contributed by atoms with Crippen molar-refractivity contribution in [3.63, 3.8) is 0 Å². The Balaban J connectivity index is 1.47. The van der Waals surface area contributed by atoms with Gasteiger partial charge in [-0.2, -0.15) is 0 Å². The van der Waals surface area contributed by atoms with E-state index in [1.165, 1.54) is 0 Å². The Morgan fingerprint density at radius 2 is 1.62 bits per heavy atom. The van der Waals surface area contributed by atoms with Gasteiger partial charge in [-0.3, -0.25) is 23.2 Å². The number of carbonyl (C=O) groups excluding carboxylic acids is 2. The average Bonchev–Trinajstić information content (AvgIpc) is 2.80. The minimum atomic E-state index is -3.92. The lowest BCUT2D eigenvalue weighted by molar-refractivity contribution is -0.145. The first kappa shape index (κ1) is 24.1. The van der Waals surface area contributed by atoms with Crippen LogP contribution in [0.3, 0.4) is 0 Å². The fourth-order valence-corrected chi connectivity index (χ4v) is 4.65. The summed E-state index contributed by atoms with van der Waals surface area (Å²) in [6, 6.07) is 18.5. The predicted molar refractivity (Wildman–Crippen MR) is 117 cm³/mol. The topological polar surface area (TPSA) is 100 Å². The third-order valence-electron chi connectivity index (χ3n) is 4.88. The second-order valence-corrected chi connectivity index (χ2v) is 9.76. The predicted octanol–water partition coefficient (Wildman–Crippen LogP) is 4.00. The number of amides is 1. The van der Waals surface area contributed by atoms with Crippen molar-refractivity contribution in [1.82, 2.24) is 5.32 Å². The van der Waals surface area contributed by atoms with Gasteiger partial charge < -0.3 is 10.1 Å². The number of rotatable bonds is 9. The van der Waals surface area contributed by atoms with Crippen LogP contribution < -0.4 is 5.32 Å². The van der Waals surface area contributed by atoms with E-state index in [2.05, 4.69) is 5.32 Å². The van der Waals surface area contributed by atoms with E-state index in [1.54, 1.807) is 13.8 Å². The van der Waals surface area contributed by atoms with Gasteiger partial charge in [0.25, 0.3) is 0 Å². The summed E-state index contributed by atoms with van der Waals surface area (Å²) in [7, 11) is -3.92. The van der Waals surface area contributed by atoms with Crippen LogP contribution in [0.4, 0.5) is 0 Å². The first-order chi connectivity index (χ1) is 15.3. The highest BCUT2D eigenvalue weighted by molar-refractivity contribution is 7.48. The van der Waals surface area contributed by atoms with E-state index in [4.69, 9.17) is 18.3 Å². The van der Waals surface area contributed by atoms with Crippen molar-refractivity contribution < 1.29 is 32.5 Å². The molecule has 0 radical (unpaired) electrons. The molecule has 1 aliphatic rings. The molecule has 2 aromatic rings. The molecular formula is C23H28NO7P. The van der Waals surface area contributed by atoms with Gasteiger partial charge >= 0.3 is 13.8 Å². The maximum Gasteiger partial charge on any atom is 0.475 e. The van der Waals surface area contributed by atoms with E-state index in [9.17, 15) is 14.2 Å². The Hall–Kier alpha value is -2.51. The summed E-state index contributed by atoms with van der Waals surface area (Å²) in [6.07, 6.45) is -1.05. The number of hydrogen-bond acceptors (Lipinski definition) is 7. The van der Waals surface area contributed by atoms with Gasteiger partial charge in [-0.15, -0.1) is 0 Å². The number of phosphoric ester groups is 1. The molecule has 0 spiro atoms. The molecule has 0 aliphatic carbocycles. The first-order valence-electron chi connectivity index (χ1n) is 10.4. The van der Waals surface area contributed by atoms with Gasteiger partial charge in [-0.25, -0.2) is 4.57 Å². The summed E-state index contributed by atoms with van der Waals surface area (Å²) in [5.41, 5.74) is 0.949. The monoisotopic (exact) mass is 465 g/mol. The van der Waals surface area contributed by atoms with Gasteiger partial charge in [0.1, 0.15) is 6.61 Å². The van der Waals surface area contributed by atoms with Crippen molar-refractivity contribution in [2.75, 3.05) is 13.2 Å². The largest absolute Gasteiger partial charge is 0.475 e. The quantitative estimate of drug-likeness (QED) is 0.259. The maximum absolute atomic E-state index is 12.9. The Morgan fingerprint density at radius 1 is 1.03 bits per heavy atom. The summed E-state index contributed by atoms with van der Waals surface area (Å²) < 4.78 is 34.4. The average molecular weight is 465 g/mol. The molecule has 1 unspecified atom stereocenters. The zero-order valence-corrected chi connectivity index (χ0v) is 19.1. The molecule has 0 saturated carbocycles. The van der Waals surface area contributed by atoms with Gasteiger partial charge in [0, 0.05) is 12.0 Å². The van der Waals surface area contributed by atoms with Gasteiger partial charge in [0.2, 0.25) is 5.91 Å². The van der Waals surface area contributed by atoms with Crippen LogP contribution in [-0.2, 0) is 45.7 Å². The van der Waals surface area contributed by atoms with Crippen molar-refractivity contribution in [3.05, 3.63) is 71.8 Å². The van der Waals surface area contributed by atoms with E-state index >= 15 is 0 Å². The standard InChI is InChI=1S/C23H28NO7P/c1-23(2)17-30-32(27,29-16-19-11-7-4-8-12-19)31-21(23)22(26)24-14-13-20(25)28-15-18-9-5-3-6-10-18/h3-12,21H,13-17H2,1-2H3,(H,24,26)/t21-,32?/m0/s1/i13+1,14+1,20+1,24+1. The maximum atomic E-state index is 12.9. The van der Waals surface area contributed by atoms with Crippen molar-refractivity contribution >= 4 is 19.7 Å². The third kappa shape index (κ3) is 7.00. The number of benzene rings is 2. The highest BCUT2D eigenvalue weighted by atomic mass is 31.2. The first-order valence-corrected chi connectivity index (χ1v) is 11.8. The molecule has 0 bridgehead atoms. The molecule has 32 heavy (non-hydrogen) atoms. The Labute approximate surface area is 187 Å². The number of phosphoric acid groups is 1. The van der Waals surface area contributed by atoms with Crippen LogP contribution in [-0.4, -0.2) is 31.1 Å².